The molecule has 2 N–H and O–H groups in total. The molecule has 5 heteroatoms. The minimum absolute atomic E-state index is 0.123. The Kier molecular flexibility index (Phi) is 4.82. The van der Waals surface area contributed by atoms with Crippen LogP contribution in [0.5, 0.6) is 0 Å². The molecule has 2 amide bonds. The van der Waals surface area contributed by atoms with Crippen LogP contribution in [0.15, 0.2) is 12.2 Å². The molecule has 19 heavy (non-hydrogen) atoms. The zero-order valence-corrected chi connectivity index (χ0v) is 11.2. The zero-order valence-electron chi connectivity index (χ0n) is 11.2. The second-order valence-corrected chi connectivity index (χ2v) is 5.34. The summed E-state index contributed by atoms with van der Waals surface area (Å²) in [7, 11) is 0. The largest absolute Gasteiger partial charge is 0.481 e. The molecule has 0 radical (unpaired) electrons. The van der Waals surface area contributed by atoms with Crippen LogP contribution in [0.25, 0.3) is 0 Å². The molecular formula is C14H22N2O3. The Morgan fingerprint density at radius 2 is 1.95 bits per heavy atom. The lowest BCUT2D eigenvalue weighted by Crippen LogP contribution is -2.49. The Morgan fingerprint density at radius 3 is 2.63 bits per heavy atom. The van der Waals surface area contributed by atoms with Gasteiger partial charge in [0, 0.05) is 19.1 Å². The molecule has 2 unspecified atom stereocenters. The van der Waals surface area contributed by atoms with Crippen molar-refractivity contribution in [3.05, 3.63) is 12.2 Å². The van der Waals surface area contributed by atoms with E-state index in [0.717, 1.165) is 32.1 Å². The maximum Gasteiger partial charge on any atom is 0.317 e. The van der Waals surface area contributed by atoms with Gasteiger partial charge in [-0.3, -0.25) is 4.79 Å². The highest BCUT2D eigenvalue weighted by atomic mass is 16.4. The van der Waals surface area contributed by atoms with E-state index in [2.05, 4.69) is 11.4 Å². The number of hydrogen-bond acceptors (Lipinski definition) is 2. The van der Waals surface area contributed by atoms with Gasteiger partial charge in [0.05, 0.1) is 5.92 Å². The summed E-state index contributed by atoms with van der Waals surface area (Å²) in [5.41, 5.74) is 0. The van der Waals surface area contributed by atoms with E-state index in [4.69, 9.17) is 0 Å². The summed E-state index contributed by atoms with van der Waals surface area (Å²) in [5, 5.41) is 12.2. The number of urea groups is 1. The van der Waals surface area contributed by atoms with Crippen LogP contribution >= 0.6 is 0 Å². The van der Waals surface area contributed by atoms with Crippen molar-refractivity contribution < 1.29 is 14.7 Å². The van der Waals surface area contributed by atoms with Crippen LogP contribution < -0.4 is 5.32 Å². The summed E-state index contributed by atoms with van der Waals surface area (Å²) in [6.45, 7) is 1.34. The molecule has 0 saturated heterocycles. The summed E-state index contributed by atoms with van der Waals surface area (Å²) in [4.78, 5) is 25.2. The van der Waals surface area contributed by atoms with E-state index in [0.29, 0.717) is 19.5 Å². The van der Waals surface area contributed by atoms with E-state index in [9.17, 15) is 14.7 Å². The van der Waals surface area contributed by atoms with Crippen molar-refractivity contribution >= 4 is 12.0 Å². The van der Waals surface area contributed by atoms with E-state index in [1.807, 2.05) is 6.08 Å². The van der Waals surface area contributed by atoms with E-state index in [1.54, 1.807) is 4.90 Å². The first-order valence-corrected chi connectivity index (χ1v) is 7.11. The number of carbonyl (C=O) groups excluding carboxylic acids is 1. The first-order valence-electron chi connectivity index (χ1n) is 7.11. The maximum atomic E-state index is 12.1. The lowest BCUT2D eigenvalue weighted by molar-refractivity contribution is -0.142. The fourth-order valence-electron chi connectivity index (χ4n) is 2.85. The second-order valence-electron chi connectivity index (χ2n) is 5.34. The van der Waals surface area contributed by atoms with Crippen molar-refractivity contribution in [2.45, 2.75) is 44.6 Å². The first kappa shape index (κ1) is 13.9. The van der Waals surface area contributed by atoms with Crippen LogP contribution in [0, 0.1) is 5.92 Å². The normalized spacial score (nSPS) is 27.7. The van der Waals surface area contributed by atoms with Gasteiger partial charge in [-0.1, -0.05) is 31.4 Å². The average molecular weight is 266 g/mol. The SMILES string of the molecule is O=C(O)C1CCCCCC1NC(=O)N1CC=CCC1. The van der Waals surface area contributed by atoms with Crippen LogP contribution in [-0.2, 0) is 4.79 Å². The average Bonchev–Trinajstić information content (AvgIpc) is 2.65. The smallest absolute Gasteiger partial charge is 0.317 e. The Labute approximate surface area is 113 Å². The number of nitrogens with zero attached hydrogens (tertiary/aromatic N) is 1. The van der Waals surface area contributed by atoms with Crippen LogP contribution in [0.3, 0.4) is 0 Å². The predicted octanol–water partition coefficient (Wildman–Crippen LogP) is 1.99. The summed E-state index contributed by atoms with van der Waals surface area (Å²) in [6.07, 6.45) is 9.35. The predicted molar refractivity (Wildman–Crippen MR) is 71.9 cm³/mol. The van der Waals surface area contributed by atoms with E-state index >= 15 is 0 Å². The van der Waals surface area contributed by atoms with Gasteiger partial charge in [0.15, 0.2) is 0 Å². The van der Waals surface area contributed by atoms with E-state index < -0.39 is 11.9 Å². The number of carboxylic acids is 1. The molecule has 2 atom stereocenters. The third kappa shape index (κ3) is 3.72. The number of nitrogens with one attached hydrogen (secondary N) is 1. The van der Waals surface area contributed by atoms with Crippen LogP contribution in [-0.4, -0.2) is 41.1 Å². The molecule has 5 nitrogen and oxygen atoms in total. The quantitative estimate of drug-likeness (QED) is 0.593. The van der Waals surface area contributed by atoms with Crippen LogP contribution in [0.4, 0.5) is 4.79 Å². The molecule has 0 aromatic rings. The molecule has 2 rings (SSSR count). The Bertz CT molecular complexity index is 368. The number of carboxylic acid groups (broad SMARTS) is 1. The van der Waals surface area contributed by atoms with Crippen molar-refractivity contribution in [2.24, 2.45) is 5.92 Å². The fraction of sp³-hybridized carbons (Fsp3) is 0.714. The number of carbonyl (C=O) groups is 2. The van der Waals surface area contributed by atoms with E-state index in [-0.39, 0.29) is 12.1 Å². The highest BCUT2D eigenvalue weighted by molar-refractivity contribution is 5.77. The molecule has 1 heterocycles. The Morgan fingerprint density at radius 1 is 1.16 bits per heavy atom. The Balaban J connectivity index is 1.95. The van der Waals surface area contributed by atoms with Gasteiger partial charge in [0.25, 0.3) is 0 Å². The van der Waals surface area contributed by atoms with Gasteiger partial charge >= 0.3 is 12.0 Å². The Hall–Kier alpha value is -1.52. The molecule has 106 valence electrons. The van der Waals surface area contributed by atoms with Gasteiger partial charge in [0.2, 0.25) is 0 Å². The molecule has 1 aliphatic carbocycles. The highest BCUT2D eigenvalue weighted by Gasteiger charge is 2.31. The number of hydrogen-bond donors (Lipinski definition) is 2. The molecule has 1 saturated carbocycles. The number of amides is 2. The highest BCUT2D eigenvalue weighted by Crippen LogP contribution is 2.24. The molecule has 2 aliphatic rings. The van der Waals surface area contributed by atoms with Gasteiger partial charge in [-0.05, 0) is 19.3 Å². The number of aliphatic carboxylic acids is 1. The van der Waals surface area contributed by atoms with Gasteiger partial charge < -0.3 is 15.3 Å². The summed E-state index contributed by atoms with van der Waals surface area (Å²) in [6, 6.07) is -0.346. The summed E-state index contributed by atoms with van der Waals surface area (Å²) < 4.78 is 0. The van der Waals surface area contributed by atoms with Gasteiger partial charge in [0.1, 0.15) is 0 Å². The van der Waals surface area contributed by atoms with Crippen LogP contribution in [0.1, 0.15) is 38.5 Å². The van der Waals surface area contributed by atoms with Crippen molar-refractivity contribution in [2.75, 3.05) is 13.1 Å². The van der Waals surface area contributed by atoms with Crippen molar-refractivity contribution in [1.82, 2.24) is 10.2 Å². The van der Waals surface area contributed by atoms with Gasteiger partial charge in [-0.15, -0.1) is 0 Å². The van der Waals surface area contributed by atoms with Crippen LogP contribution in [0.2, 0.25) is 0 Å². The zero-order chi connectivity index (χ0) is 13.7. The minimum Gasteiger partial charge on any atom is -0.481 e. The van der Waals surface area contributed by atoms with Gasteiger partial charge in [-0.25, -0.2) is 4.79 Å². The van der Waals surface area contributed by atoms with Crippen molar-refractivity contribution in [3.8, 4) is 0 Å². The third-order valence-electron chi connectivity index (χ3n) is 3.99. The topological polar surface area (TPSA) is 69.6 Å². The molecule has 0 aromatic carbocycles. The van der Waals surface area contributed by atoms with Crippen molar-refractivity contribution in [3.63, 3.8) is 0 Å². The lowest BCUT2D eigenvalue weighted by Gasteiger charge is -2.29. The summed E-state index contributed by atoms with van der Waals surface area (Å²) >= 11 is 0. The first-order chi connectivity index (χ1) is 9.18. The minimum atomic E-state index is -0.786. The number of rotatable bonds is 2. The lowest BCUT2D eigenvalue weighted by atomic mass is 9.95. The second kappa shape index (κ2) is 6.59. The molecule has 0 bridgehead atoms. The third-order valence-corrected chi connectivity index (χ3v) is 3.99. The molecule has 0 spiro atoms. The van der Waals surface area contributed by atoms with Crippen molar-refractivity contribution in [1.29, 1.82) is 0 Å². The monoisotopic (exact) mass is 266 g/mol. The molecular weight excluding hydrogens is 244 g/mol. The van der Waals surface area contributed by atoms with Gasteiger partial charge in [-0.2, -0.15) is 0 Å². The maximum absolute atomic E-state index is 12.1. The molecule has 1 fully saturated rings. The standard InChI is InChI=1S/C14H22N2O3/c17-13(18)11-7-3-1-4-8-12(11)15-14(19)16-9-5-2-6-10-16/h2,5,11-12H,1,3-4,6-10H2,(H,15,19)(H,17,18). The molecule has 0 aromatic heterocycles. The van der Waals surface area contributed by atoms with E-state index in [1.165, 1.54) is 0 Å². The fourth-order valence-corrected chi connectivity index (χ4v) is 2.85. The summed E-state index contributed by atoms with van der Waals surface area (Å²) in [5.74, 6) is -1.22. The molecule has 1 aliphatic heterocycles.